The van der Waals surface area contributed by atoms with Gasteiger partial charge in [0.05, 0.1) is 151 Å². The number of Topliss-reactive ketones (excluding diaryl/α,β-unsaturated/α-hetero) is 1. The highest BCUT2D eigenvalue weighted by molar-refractivity contribution is 5.87. The maximum atomic E-state index is 13.2. The molecule has 0 heterocycles. The van der Waals surface area contributed by atoms with Crippen LogP contribution in [0.3, 0.4) is 0 Å². The first kappa shape index (κ1) is 65.6. The third kappa shape index (κ3) is 42.8. The van der Waals surface area contributed by atoms with Crippen molar-refractivity contribution in [3.8, 4) is 0 Å². The zero-order valence-electron chi connectivity index (χ0n) is 44.0. The molecule has 0 aliphatic rings. The van der Waals surface area contributed by atoms with E-state index in [-0.39, 0.29) is 32.0 Å². The molecule has 74 heavy (non-hydrogen) atoms. The molecule has 0 saturated heterocycles. The van der Waals surface area contributed by atoms with E-state index in [9.17, 15) is 19.2 Å². The third-order valence-electron chi connectivity index (χ3n) is 9.61. The predicted molar refractivity (Wildman–Crippen MR) is 271 cm³/mol. The van der Waals surface area contributed by atoms with Gasteiger partial charge in [-0.2, -0.15) is 5.48 Å². The molecule has 0 aliphatic heterocycles. The van der Waals surface area contributed by atoms with Crippen LogP contribution in [0, 0.1) is 0 Å². The molecule has 22 heteroatoms. The second-order valence-corrected chi connectivity index (χ2v) is 17.0. The standard InChI is InChI=1S/C52H85N3O19/c1-52(2,3)74-51(59)55-73-42-41-70-40-39-69-38-37-68-36-35-67-34-33-66-32-31-65-30-29-64-28-27-63-26-25-62-24-23-61-22-21-60-20-12-18-48(56)47(54-50(58)72-44-46-15-8-5-9-16-46)17-10-11-19-53-49(57)71-43-45-13-6-4-7-14-45/h4-9,13-16,47H,10-12,17-44H2,1-3H3,(H,53,57)(H,54,58)(H,55,59)/t47-/m0/s1. The minimum atomic E-state index is -0.733. The summed E-state index contributed by atoms with van der Waals surface area (Å²) in [6.07, 6.45) is 0.446. The first-order valence-electron chi connectivity index (χ1n) is 25.5. The summed E-state index contributed by atoms with van der Waals surface area (Å²) in [4.78, 5) is 54.3. The number of unbranched alkanes of at least 4 members (excludes halogenated alkanes) is 1. The molecule has 0 unspecified atom stereocenters. The number of hydroxylamine groups is 1. The highest BCUT2D eigenvalue weighted by atomic mass is 16.7. The molecule has 3 N–H and O–H groups in total. The normalized spacial score (nSPS) is 11.8. The summed E-state index contributed by atoms with van der Waals surface area (Å²) in [5.41, 5.74) is 3.33. The molecule has 2 aromatic rings. The van der Waals surface area contributed by atoms with Gasteiger partial charge in [0.15, 0.2) is 5.78 Å². The molecule has 0 fully saturated rings. The number of nitrogens with one attached hydrogen (secondary N) is 3. The molecule has 0 aliphatic carbocycles. The van der Waals surface area contributed by atoms with E-state index in [1.54, 1.807) is 20.8 Å². The van der Waals surface area contributed by atoms with Crippen molar-refractivity contribution in [1.29, 1.82) is 0 Å². The van der Waals surface area contributed by atoms with Gasteiger partial charge < -0.3 is 76.9 Å². The number of alkyl carbamates (subject to hydrolysis) is 2. The van der Waals surface area contributed by atoms with Crippen molar-refractivity contribution in [2.75, 3.05) is 159 Å². The molecular weight excluding hydrogens is 971 g/mol. The molecule has 1 atom stereocenters. The van der Waals surface area contributed by atoms with E-state index < -0.39 is 29.9 Å². The van der Waals surface area contributed by atoms with Crippen LogP contribution in [0.1, 0.15) is 64.0 Å². The molecule has 0 radical (unpaired) electrons. The number of carbonyl (C=O) groups excluding carboxylic acids is 4. The Morgan fingerprint density at radius 3 is 1.19 bits per heavy atom. The lowest BCUT2D eigenvalue weighted by Gasteiger charge is -2.19. The molecule has 3 amide bonds. The fraction of sp³-hybridized carbons (Fsp3) is 0.692. The number of benzene rings is 2. The molecule has 2 aromatic carbocycles. The van der Waals surface area contributed by atoms with Gasteiger partial charge in [0.2, 0.25) is 0 Å². The summed E-state index contributed by atoms with van der Waals surface area (Å²) in [5, 5.41) is 5.45. The maximum absolute atomic E-state index is 13.2. The first-order valence-corrected chi connectivity index (χ1v) is 25.5. The summed E-state index contributed by atoms with van der Waals surface area (Å²) in [6.45, 7) is 15.5. The van der Waals surface area contributed by atoms with Gasteiger partial charge >= 0.3 is 18.3 Å². The number of amides is 3. The smallest absolute Gasteiger partial charge is 0.431 e. The van der Waals surface area contributed by atoms with Gasteiger partial charge in [-0.15, -0.1) is 0 Å². The monoisotopic (exact) mass is 1060 g/mol. The van der Waals surface area contributed by atoms with E-state index in [0.29, 0.717) is 178 Å². The van der Waals surface area contributed by atoms with Crippen LogP contribution >= 0.6 is 0 Å². The van der Waals surface area contributed by atoms with E-state index in [1.807, 2.05) is 60.7 Å². The lowest BCUT2D eigenvalue weighted by atomic mass is 10.0. The summed E-state index contributed by atoms with van der Waals surface area (Å²) in [6, 6.07) is 18.0. The van der Waals surface area contributed by atoms with Gasteiger partial charge in [-0.25, -0.2) is 14.4 Å². The Morgan fingerprint density at radius 1 is 0.432 bits per heavy atom. The second-order valence-electron chi connectivity index (χ2n) is 17.0. The zero-order valence-corrected chi connectivity index (χ0v) is 44.0. The Balaban J connectivity index is 1.30. The number of ketones is 1. The van der Waals surface area contributed by atoms with Crippen molar-refractivity contribution in [1.82, 2.24) is 16.1 Å². The first-order chi connectivity index (χ1) is 36.1. The molecule has 0 saturated carbocycles. The highest BCUT2D eigenvalue weighted by Gasteiger charge is 2.21. The maximum Gasteiger partial charge on any atom is 0.431 e. The largest absolute Gasteiger partial charge is 0.445 e. The molecule has 2 rings (SSSR count). The van der Waals surface area contributed by atoms with Crippen LogP contribution in [0.25, 0.3) is 0 Å². The number of hydrogen-bond acceptors (Lipinski definition) is 19. The van der Waals surface area contributed by atoms with Crippen LogP contribution in [0.4, 0.5) is 14.4 Å². The SMILES string of the molecule is CC(C)(C)OC(=O)NOCCOCCOCCOCCOCCOCCOCCOCCOCCOCCOCCOCCCC(=O)[C@H](CCCCNC(=O)OCc1ccccc1)NC(=O)OCc1ccccc1. The fourth-order valence-corrected chi connectivity index (χ4v) is 5.99. The number of carbonyl (C=O) groups is 4. The summed E-state index contributed by atoms with van der Waals surface area (Å²) < 4.78 is 76.2. The van der Waals surface area contributed by atoms with Crippen LogP contribution in [0.5, 0.6) is 0 Å². The molecule has 0 spiro atoms. The molecule has 0 bridgehead atoms. The van der Waals surface area contributed by atoms with Gasteiger partial charge in [0.25, 0.3) is 0 Å². The minimum absolute atomic E-state index is 0.0880. The van der Waals surface area contributed by atoms with Crippen molar-refractivity contribution in [2.24, 2.45) is 0 Å². The molecular formula is C52H85N3O19. The van der Waals surface area contributed by atoms with Crippen molar-refractivity contribution in [3.05, 3.63) is 71.8 Å². The number of hydrogen-bond donors (Lipinski definition) is 3. The van der Waals surface area contributed by atoms with E-state index >= 15 is 0 Å². The van der Waals surface area contributed by atoms with Crippen molar-refractivity contribution < 1.29 is 90.3 Å². The van der Waals surface area contributed by atoms with Gasteiger partial charge in [-0.05, 0) is 57.6 Å². The highest BCUT2D eigenvalue weighted by Crippen LogP contribution is 2.09. The third-order valence-corrected chi connectivity index (χ3v) is 9.61. The average molecular weight is 1060 g/mol. The van der Waals surface area contributed by atoms with Crippen LogP contribution in [-0.4, -0.2) is 194 Å². The quantitative estimate of drug-likeness (QED) is 0.0429. The predicted octanol–water partition coefficient (Wildman–Crippen LogP) is 5.37. The Hall–Kier alpha value is -4.56. The van der Waals surface area contributed by atoms with Crippen LogP contribution < -0.4 is 16.1 Å². The van der Waals surface area contributed by atoms with Crippen LogP contribution in [-0.2, 0) is 89.2 Å². The lowest BCUT2D eigenvalue weighted by molar-refractivity contribution is -0.121. The van der Waals surface area contributed by atoms with E-state index in [4.69, 9.17) is 71.2 Å². The second kappa shape index (κ2) is 46.9. The average Bonchev–Trinajstić information content (AvgIpc) is 3.38. The fourth-order valence-electron chi connectivity index (χ4n) is 5.99. The number of rotatable bonds is 49. The zero-order chi connectivity index (χ0) is 53.3. The Kier molecular flexibility index (Phi) is 41.6. The summed E-state index contributed by atoms with van der Waals surface area (Å²) in [7, 11) is 0. The van der Waals surface area contributed by atoms with Crippen molar-refractivity contribution >= 4 is 24.1 Å². The van der Waals surface area contributed by atoms with Gasteiger partial charge in [-0.1, -0.05) is 60.7 Å². The van der Waals surface area contributed by atoms with Crippen LogP contribution in [0.15, 0.2) is 60.7 Å². The van der Waals surface area contributed by atoms with Gasteiger partial charge in [-0.3, -0.25) is 9.63 Å². The topological polar surface area (TPSA) is 243 Å². The van der Waals surface area contributed by atoms with Gasteiger partial charge in [0.1, 0.15) is 18.8 Å². The summed E-state index contributed by atoms with van der Waals surface area (Å²) in [5.74, 6) is -0.120. The van der Waals surface area contributed by atoms with Crippen LogP contribution in [0.2, 0.25) is 0 Å². The summed E-state index contributed by atoms with van der Waals surface area (Å²) >= 11 is 0. The number of ether oxygens (including phenoxy) is 14. The molecule has 422 valence electrons. The van der Waals surface area contributed by atoms with E-state index in [0.717, 1.165) is 11.1 Å². The Bertz CT molecular complexity index is 1640. The van der Waals surface area contributed by atoms with Crippen molar-refractivity contribution in [3.63, 3.8) is 0 Å². The van der Waals surface area contributed by atoms with Crippen molar-refractivity contribution in [2.45, 2.75) is 77.7 Å². The lowest BCUT2D eigenvalue weighted by Crippen LogP contribution is -2.41. The van der Waals surface area contributed by atoms with E-state index in [1.165, 1.54) is 0 Å². The van der Waals surface area contributed by atoms with Gasteiger partial charge in [0, 0.05) is 19.6 Å². The Morgan fingerprint density at radius 2 is 0.797 bits per heavy atom. The van der Waals surface area contributed by atoms with E-state index in [2.05, 4.69) is 16.1 Å². The molecule has 0 aromatic heterocycles. The minimum Gasteiger partial charge on any atom is -0.445 e. The molecule has 22 nitrogen and oxygen atoms in total. The Labute approximate surface area is 437 Å².